The van der Waals surface area contributed by atoms with Crippen molar-refractivity contribution >= 4 is 11.9 Å². The first-order valence-corrected chi connectivity index (χ1v) is 26.8. The lowest BCUT2D eigenvalue weighted by molar-refractivity contribution is -0.151. The zero-order chi connectivity index (χ0) is 43.1. The van der Waals surface area contributed by atoms with E-state index in [1.807, 2.05) is 0 Å². The molecule has 6 nitrogen and oxygen atoms in total. The molecule has 3 unspecified atom stereocenters. The largest absolute Gasteiger partial charge is 0.462 e. The van der Waals surface area contributed by atoms with E-state index in [1.54, 1.807) is 0 Å². The fraction of sp³-hybridized carbons (Fsp3) is 0.962. The van der Waals surface area contributed by atoms with Crippen LogP contribution in [0.3, 0.4) is 0 Å². The average molecular weight is 836 g/mol. The molecule has 352 valence electrons. The molecule has 3 N–H and O–H groups in total. The molecule has 3 atom stereocenters. The van der Waals surface area contributed by atoms with E-state index < -0.39 is 18.2 Å². The standard InChI is InChI=1S/C53H105NO5/c1-4-7-10-13-16-19-22-25-27-30-33-36-39-42-45-51(56)50(48-55)54-52(57)47-49(44-41-38-35-32-29-24-21-18-15-12-9-6-3)59-53(58)46-43-40-37-34-31-28-26-23-20-17-14-11-8-5-2/h49-51,55-56H,4-48H2,1-3H3,(H,54,57). The quantitative estimate of drug-likeness (QED) is 0.0419. The van der Waals surface area contributed by atoms with Gasteiger partial charge in [0.1, 0.15) is 6.10 Å². The SMILES string of the molecule is CCCCCCCCCCCCCCCCC(=O)OC(CCCCCCCCCCCCCC)CC(=O)NC(CO)C(O)CCCCCCCCCCCCCCCC. The van der Waals surface area contributed by atoms with Gasteiger partial charge in [0.25, 0.3) is 0 Å². The second-order valence-electron chi connectivity index (χ2n) is 18.6. The molecule has 0 radical (unpaired) electrons. The van der Waals surface area contributed by atoms with E-state index in [0.29, 0.717) is 19.3 Å². The molecular formula is C53H105NO5. The number of esters is 1. The fourth-order valence-corrected chi connectivity index (χ4v) is 8.61. The summed E-state index contributed by atoms with van der Waals surface area (Å²) >= 11 is 0. The molecule has 0 fully saturated rings. The van der Waals surface area contributed by atoms with E-state index in [9.17, 15) is 19.8 Å². The monoisotopic (exact) mass is 836 g/mol. The van der Waals surface area contributed by atoms with Crippen LogP contribution in [0.15, 0.2) is 0 Å². The predicted octanol–water partition coefficient (Wildman–Crippen LogP) is 16.0. The number of amides is 1. The summed E-state index contributed by atoms with van der Waals surface area (Å²) in [5.74, 6) is -0.450. The Morgan fingerprint density at radius 2 is 0.712 bits per heavy atom. The zero-order valence-electron chi connectivity index (χ0n) is 40.2. The molecule has 0 bridgehead atoms. The van der Waals surface area contributed by atoms with Crippen molar-refractivity contribution in [2.75, 3.05) is 6.61 Å². The lowest BCUT2D eigenvalue weighted by Gasteiger charge is -2.24. The molecule has 0 aliphatic heterocycles. The highest BCUT2D eigenvalue weighted by Crippen LogP contribution is 2.19. The Morgan fingerprint density at radius 1 is 0.424 bits per heavy atom. The first-order chi connectivity index (χ1) is 29.0. The van der Waals surface area contributed by atoms with Crippen molar-refractivity contribution in [3.8, 4) is 0 Å². The van der Waals surface area contributed by atoms with Crippen LogP contribution in [0.2, 0.25) is 0 Å². The zero-order valence-corrected chi connectivity index (χ0v) is 40.2. The summed E-state index contributed by atoms with van der Waals surface area (Å²) in [7, 11) is 0. The van der Waals surface area contributed by atoms with Gasteiger partial charge in [0.2, 0.25) is 5.91 Å². The van der Waals surface area contributed by atoms with Crippen molar-refractivity contribution in [2.45, 2.75) is 322 Å². The highest BCUT2D eigenvalue weighted by molar-refractivity contribution is 5.77. The van der Waals surface area contributed by atoms with Crippen LogP contribution in [0.25, 0.3) is 0 Å². The van der Waals surface area contributed by atoms with Crippen LogP contribution < -0.4 is 5.32 Å². The Labute approximate surface area is 368 Å². The first kappa shape index (κ1) is 57.9. The average Bonchev–Trinajstić information content (AvgIpc) is 3.23. The minimum Gasteiger partial charge on any atom is -0.462 e. The van der Waals surface area contributed by atoms with Gasteiger partial charge in [-0.3, -0.25) is 9.59 Å². The smallest absolute Gasteiger partial charge is 0.306 e. The van der Waals surface area contributed by atoms with E-state index in [1.165, 1.54) is 218 Å². The van der Waals surface area contributed by atoms with E-state index in [0.717, 1.165) is 38.5 Å². The van der Waals surface area contributed by atoms with Gasteiger partial charge < -0.3 is 20.3 Å². The summed E-state index contributed by atoms with van der Waals surface area (Å²) in [6.45, 7) is 6.52. The molecule has 0 aromatic heterocycles. The van der Waals surface area contributed by atoms with Crippen LogP contribution in [0.5, 0.6) is 0 Å². The van der Waals surface area contributed by atoms with Crippen LogP contribution in [-0.4, -0.2) is 46.9 Å². The number of aliphatic hydroxyl groups is 2. The third-order valence-corrected chi connectivity index (χ3v) is 12.7. The fourth-order valence-electron chi connectivity index (χ4n) is 8.61. The van der Waals surface area contributed by atoms with E-state index in [4.69, 9.17) is 4.74 Å². The van der Waals surface area contributed by atoms with Gasteiger partial charge in [0.05, 0.1) is 25.2 Å². The predicted molar refractivity (Wildman–Crippen MR) is 255 cm³/mol. The number of unbranched alkanes of at least 4 members (excludes halogenated alkanes) is 37. The minimum atomic E-state index is -0.779. The number of nitrogens with one attached hydrogen (secondary N) is 1. The second kappa shape index (κ2) is 47.9. The summed E-state index contributed by atoms with van der Waals surface area (Å²) in [5, 5.41) is 23.8. The number of hydrogen-bond acceptors (Lipinski definition) is 5. The second-order valence-corrected chi connectivity index (χ2v) is 18.6. The lowest BCUT2D eigenvalue weighted by atomic mass is 10.0. The van der Waals surface area contributed by atoms with Crippen molar-refractivity contribution in [1.29, 1.82) is 0 Å². The van der Waals surface area contributed by atoms with Crippen LogP contribution in [0.1, 0.15) is 303 Å². The van der Waals surface area contributed by atoms with E-state index in [2.05, 4.69) is 26.1 Å². The van der Waals surface area contributed by atoms with Gasteiger partial charge in [-0.15, -0.1) is 0 Å². The Hall–Kier alpha value is -1.14. The van der Waals surface area contributed by atoms with Crippen molar-refractivity contribution in [3.63, 3.8) is 0 Å². The normalized spacial score (nSPS) is 13.1. The summed E-state index contributed by atoms with van der Waals surface area (Å²) < 4.78 is 5.94. The number of aliphatic hydroxyl groups excluding tert-OH is 2. The highest BCUT2D eigenvalue weighted by atomic mass is 16.5. The van der Waals surface area contributed by atoms with E-state index in [-0.39, 0.29) is 24.9 Å². The van der Waals surface area contributed by atoms with Gasteiger partial charge in [-0.1, -0.05) is 265 Å². The van der Waals surface area contributed by atoms with Crippen LogP contribution in [0.4, 0.5) is 0 Å². The van der Waals surface area contributed by atoms with Crippen LogP contribution in [0, 0.1) is 0 Å². The summed E-state index contributed by atoms with van der Waals surface area (Å²) in [4.78, 5) is 26.1. The number of carbonyl (C=O) groups is 2. The molecule has 0 saturated heterocycles. The molecule has 0 saturated carbocycles. The summed E-state index contributed by atoms with van der Waals surface area (Å²) in [5.41, 5.74) is 0. The molecule has 59 heavy (non-hydrogen) atoms. The minimum absolute atomic E-state index is 0.0879. The number of ether oxygens (including phenoxy) is 1. The van der Waals surface area contributed by atoms with Crippen molar-refractivity contribution in [2.24, 2.45) is 0 Å². The van der Waals surface area contributed by atoms with Crippen LogP contribution in [-0.2, 0) is 14.3 Å². The lowest BCUT2D eigenvalue weighted by Crippen LogP contribution is -2.46. The number of hydrogen-bond donors (Lipinski definition) is 3. The molecule has 0 aromatic rings. The maximum absolute atomic E-state index is 13.2. The third-order valence-electron chi connectivity index (χ3n) is 12.7. The number of rotatable bonds is 49. The maximum atomic E-state index is 13.2. The van der Waals surface area contributed by atoms with Gasteiger partial charge in [0.15, 0.2) is 0 Å². The molecule has 6 heteroatoms. The Kier molecular flexibility index (Phi) is 47.0. The third kappa shape index (κ3) is 43.3. The molecule has 0 aliphatic carbocycles. The molecular weight excluding hydrogens is 731 g/mol. The molecule has 0 aromatic carbocycles. The molecule has 0 spiro atoms. The first-order valence-electron chi connectivity index (χ1n) is 26.8. The number of carbonyl (C=O) groups excluding carboxylic acids is 2. The summed E-state index contributed by atoms with van der Waals surface area (Å²) in [6.07, 6.45) is 51.6. The van der Waals surface area contributed by atoms with Gasteiger partial charge in [0, 0.05) is 6.42 Å². The van der Waals surface area contributed by atoms with Gasteiger partial charge in [-0.05, 0) is 25.7 Å². The molecule has 1 amide bonds. The Bertz CT molecular complexity index is 852. The van der Waals surface area contributed by atoms with Crippen molar-refractivity contribution in [1.82, 2.24) is 5.32 Å². The summed E-state index contributed by atoms with van der Waals surface area (Å²) in [6, 6.07) is -0.692. The van der Waals surface area contributed by atoms with Gasteiger partial charge in [-0.25, -0.2) is 0 Å². The Balaban J connectivity index is 4.48. The molecule has 0 aliphatic rings. The van der Waals surface area contributed by atoms with Crippen molar-refractivity contribution < 1.29 is 24.5 Å². The maximum Gasteiger partial charge on any atom is 0.306 e. The Morgan fingerprint density at radius 3 is 1.03 bits per heavy atom. The highest BCUT2D eigenvalue weighted by Gasteiger charge is 2.24. The topological polar surface area (TPSA) is 95.9 Å². The van der Waals surface area contributed by atoms with Crippen molar-refractivity contribution in [3.05, 3.63) is 0 Å². The van der Waals surface area contributed by atoms with Gasteiger partial charge in [-0.2, -0.15) is 0 Å². The van der Waals surface area contributed by atoms with E-state index >= 15 is 0 Å². The molecule has 0 rings (SSSR count). The van der Waals surface area contributed by atoms with Gasteiger partial charge >= 0.3 is 5.97 Å². The molecule has 0 heterocycles. The van der Waals surface area contributed by atoms with Crippen LogP contribution >= 0.6 is 0 Å².